The van der Waals surface area contributed by atoms with Crippen LogP contribution in [0.3, 0.4) is 0 Å². The maximum Gasteiger partial charge on any atom is 0.321 e. The van der Waals surface area contributed by atoms with Crippen LogP contribution < -0.4 is 0 Å². The smallest absolute Gasteiger partial charge is 0.321 e. The van der Waals surface area contributed by atoms with E-state index < -0.39 is 17.9 Å². The Morgan fingerprint density at radius 1 is 1.50 bits per heavy atom. The van der Waals surface area contributed by atoms with Crippen LogP contribution in [0.15, 0.2) is 24.2 Å². The van der Waals surface area contributed by atoms with Crippen LogP contribution in [0.5, 0.6) is 0 Å². The predicted molar refractivity (Wildman–Crippen MR) is 67.6 cm³/mol. The Bertz CT molecular complexity index is 624. The second kappa shape index (κ2) is 4.63. The predicted octanol–water partition coefficient (Wildman–Crippen LogP) is 0.866. The molecule has 0 aliphatic carbocycles. The number of ether oxygens (including phenoxy) is 4. The summed E-state index contributed by atoms with van der Waals surface area (Å²) in [4.78, 5) is 11.1. The number of hydrogen-bond acceptors (Lipinski definition) is 5. The molecule has 0 aromatic rings. The number of carbonyl (C=O) groups is 1. The van der Waals surface area contributed by atoms with Crippen LogP contribution in [0.1, 0.15) is 13.8 Å². The molecule has 20 heavy (non-hydrogen) atoms. The minimum absolute atomic E-state index is 0.197. The molecule has 0 amide bonds. The van der Waals surface area contributed by atoms with Gasteiger partial charge in [0.2, 0.25) is 6.10 Å². The van der Waals surface area contributed by atoms with Crippen molar-refractivity contribution in [1.29, 1.82) is 0 Å². The zero-order valence-corrected chi connectivity index (χ0v) is 11.0. The second-order valence-electron chi connectivity index (χ2n) is 4.47. The quantitative estimate of drug-likeness (QED) is 0.403. The Labute approximate surface area is 116 Å². The Morgan fingerprint density at radius 3 is 3.10 bits per heavy atom. The Hall–Kier alpha value is -2.37. The fourth-order valence-electron chi connectivity index (χ4n) is 2.28. The van der Waals surface area contributed by atoms with Crippen molar-refractivity contribution < 1.29 is 23.7 Å². The van der Waals surface area contributed by atoms with Crippen molar-refractivity contribution in [3.8, 4) is 23.7 Å². The van der Waals surface area contributed by atoms with E-state index in [1.165, 1.54) is 13.2 Å². The van der Waals surface area contributed by atoms with E-state index in [1.54, 1.807) is 19.1 Å². The molecule has 2 saturated heterocycles. The van der Waals surface area contributed by atoms with Crippen molar-refractivity contribution >= 4 is 5.97 Å². The Balaban J connectivity index is 1.79. The first kappa shape index (κ1) is 12.7. The number of carbonyl (C=O) groups excluding carboxylic acids is 1. The third kappa shape index (κ3) is 1.93. The summed E-state index contributed by atoms with van der Waals surface area (Å²) in [6, 6.07) is 0. The van der Waals surface area contributed by atoms with Gasteiger partial charge in [-0.1, -0.05) is 11.8 Å². The van der Waals surface area contributed by atoms with Gasteiger partial charge in [0, 0.05) is 13.0 Å². The molecule has 0 aromatic carbocycles. The minimum atomic E-state index is -1.11. The van der Waals surface area contributed by atoms with E-state index in [9.17, 15) is 4.79 Å². The highest BCUT2D eigenvalue weighted by atomic mass is 16.8. The SMILES string of the molecule is CC#CC#CC=C1OC2(OC=CC2OC(C)=O)C2OC12. The summed E-state index contributed by atoms with van der Waals surface area (Å²) in [5.74, 6) is 9.80. The van der Waals surface area contributed by atoms with Gasteiger partial charge >= 0.3 is 11.8 Å². The highest BCUT2D eigenvalue weighted by Crippen LogP contribution is 2.53. The van der Waals surface area contributed by atoms with E-state index in [1.807, 2.05) is 0 Å². The first-order valence-corrected chi connectivity index (χ1v) is 6.16. The van der Waals surface area contributed by atoms with Crippen molar-refractivity contribution in [1.82, 2.24) is 0 Å². The molecule has 5 nitrogen and oxygen atoms in total. The number of allylic oxidation sites excluding steroid dienone is 1. The highest BCUT2D eigenvalue weighted by Gasteiger charge is 2.72. The molecule has 3 heterocycles. The summed E-state index contributed by atoms with van der Waals surface area (Å²) in [5, 5.41) is 0. The van der Waals surface area contributed by atoms with Gasteiger partial charge in [0.25, 0.3) is 0 Å². The van der Waals surface area contributed by atoms with Gasteiger partial charge in [-0.05, 0) is 24.8 Å². The first-order valence-electron chi connectivity index (χ1n) is 6.16. The molecule has 2 fully saturated rings. The molecular weight excluding hydrogens is 260 g/mol. The van der Waals surface area contributed by atoms with Crippen LogP contribution in [-0.4, -0.2) is 30.1 Å². The van der Waals surface area contributed by atoms with Gasteiger partial charge in [-0.15, -0.1) is 0 Å². The van der Waals surface area contributed by atoms with Crippen LogP contribution in [0, 0.1) is 23.7 Å². The fraction of sp³-hybridized carbons (Fsp3) is 0.400. The minimum Gasteiger partial charge on any atom is -0.454 e. The molecule has 102 valence electrons. The Kier molecular flexibility index (Phi) is 2.93. The van der Waals surface area contributed by atoms with E-state index in [4.69, 9.17) is 18.9 Å². The third-order valence-corrected chi connectivity index (χ3v) is 3.12. The maximum atomic E-state index is 11.1. The molecule has 3 aliphatic heterocycles. The topological polar surface area (TPSA) is 57.3 Å². The lowest BCUT2D eigenvalue weighted by Gasteiger charge is -2.29. The van der Waals surface area contributed by atoms with Gasteiger partial charge in [-0.3, -0.25) is 4.79 Å². The zero-order chi connectivity index (χ0) is 14.2. The first-order chi connectivity index (χ1) is 9.67. The maximum absolute atomic E-state index is 11.1. The Morgan fingerprint density at radius 2 is 2.35 bits per heavy atom. The summed E-state index contributed by atoms with van der Waals surface area (Å²) in [6.07, 6.45) is 3.60. The number of rotatable bonds is 1. The van der Waals surface area contributed by atoms with Crippen LogP contribution in [0.2, 0.25) is 0 Å². The molecule has 1 spiro atoms. The summed E-state index contributed by atoms with van der Waals surface area (Å²) in [5.41, 5.74) is 0. The monoisotopic (exact) mass is 272 g/mol. The van der Waals surface area contributed by atoms with Crippen molar-refractivity contribution in [2.45, 2.75) is 37.9 Å². The fourth-order valence-corrected chi connectivity index (χ4v) is 2.28. The summed E-state index contributed by atoms with van der Waals surface area (Å²) in [6.45, 7) is 3.05. The normalized spacial score (nSPS) is 37.1. The van der Waals surface area contributed by atoms with Gasteiger partial charge in [0.05, 0.1) is 6.26 Å². The summed E-state index contributed by atoms with van der Waals surface area (Å²) >= 11 is 0. The largest absolute Gasteiger partial charge is 0.454 e. The standard InChI is InChI=1S/C15H12O5/c1-3-4-5-6-7-11-13-14(19-13)15(20-11)12(8-9-17-15)18-10(2)16/h7-9,12-14H,1-2H3. The lowest BCUT2D eigenvalue weighted by Crippen LogP contribution is -2.46. The van der Waals surface area contributed by atoms with E-state index in [0.29, 0.717) is 5.76 Å². The average Bonchev–Trinajstić information content (AvgIpc) is 3.05. The van der Waals surface area contributed by atoms with Gasteiger partial charge in [0.15, 0.2) is 12.2 Å². The van der Waals surface area contributed by atoms with Crippen LogP contribution in [-0.2, 0) is 23.7 Å². The molecule has 4 unspecified atom stereocenters. The van der Waals surface area contributed by atoms with E-state index in [0.717, 1.165) is 0 Å². The van der Waals surface area contributed by atoms with Crippen molar-refractivity contribution in [3.63, 3.8) is 0 Å². The van der Waals surface area contributed by atoms with Crippen LogP contribution in [0.25, 0.3) is 0 Å². The molecule has 0 aromatic heterocycles. The van der Waals surface area contributed by atoms with E-state index in [-0.39, 0.29) is 12.2 Å². The summed E-state index contributed by atoms with van der Waals surface area (Å²) in [7, 11) is 0. The molecule has 4 atom stereocenters. The molecule has 0 bridgehead atoms. The van der Waals surface area contributed by atoms with Gasteiger partial charge < -0.3 is 18.9 Å². The number of hydrogen-bond donors (Lipinski definition) is 0. The van der Waals surface area contributed by atoms with Crippen LogP contribution >= 0.6 is 0 Å². The third-order valence-electron chi connectivity index (χ3n) is 3.12. The number of epoxide rings is 1. The van der Waals surface area contributed by atoms with Gasteiger partial charge in [-0.2, -0.15) is 0 Å². The number of esters is 1. The second-order valence-corrected chi connectivity index (χ2v) is 4.47. The van der Waals surface area contributed by atoms with Gasteiger partial charge in [-0.25, -0.2) is 0 Å². The summed E-state index contributed by atoms with van der Waals surface area (Å²) < 4.78 is 22.0. The van der Waals surface area contributed by atoms with E-state index in [2.05, 4.69) is 23.7 Å². The molecule has 0 radical (unpaired) electrons. The van der Waals surface area contributed by atoms with E-state index >= 15 is 0 Å². The average molecular weight is 272 g/mol. The lowest BCUT2D eigenvalue weighted by atomic mass is 10.1. The molecular formula is C15H12O5. The van der Waals surface area contributed by atoms with Crippen molar-refractivity contribution in [2.75, 3.05) is 0 Å². The molecule has 0 saturated carbocycles. The molecule has 3 rings (SSSR count). The van der Waals surface area contributed by atoms with Crippen molar-refractivity contribution in [3.05, 3.63) is 24.2 Å². The highest BCUT2D eigenvalue weighted by molar-refractivity contribution is 5.66. The lowest BCUT2D eigenvalue weighted by molar-refractivity contribution is -0.227. The van der Waals surface area contributed by atoms with Gasteiger partial charge in [0.1, 0.15) is 5.76 Å². The molecule has 0 N–H and O–H groups in total. The molecule has 5 heteroatoms. The number of fused-ring (bicyclic) bond motifs is 2. The molecule has 3 aliphatic rings. The zero-order valence-electron chi connectivity index (χ0n) is 11.0. The van der Waals surface area contributed by atoms with Crippen LogP contribution in [0.4, 0.5) is 0 Å². The van der Waals surface area contributed by atoms with Crippen molar-refractivity contribution in [2.24, 2.45) is 0 Å².